The van der Waals surface area contributed by atoms with Crippen molar-refractivity contribution in [3.63, 3.8) is 0 Å². The zero-order valence-electron chi connectivity index (χ0n) is 6.06. The van der Waals surface area contributed by atoms with E-state index in [1.165, 1.54) is 24.1 Å². The maximum atomic E-state index is 2.46. The fourth-order valence-corrected chi connectivity index (χ4v) is 3.21. The van der Waals surface area contributed by atoms with Crippen LogP contribution in [0, 0.1) is 0 Å². The van der Waals surface area contributed by atoms with Crippen LogP contribution in [0.15, 0.2) is 0 Å². The van der Waals surface area contributed by atoms with Crippen LogP contribution in [0.3, 0.4) is 0 Å². The highest BCUT2D eigenvalue weighted by Gasteiger charge is 2.21. The van der Waals surface area contributed by atoms with Crippen LogP contribution in [-0.2, 0) is 0 Å². The third kappa shape index (κ3) is 2.46. The summed E-state index contributed by atoms with van der Waals surface area (Å²) in [5.41, 5.74) is 0. The Morgan fingerprint density at radius 3 is 2.70 bits per heavy atom. The number of alkyl halides is 1. The van der Waals surface area contributed by atoms with E-state index in [0.717, 1.165) is 6.04 Å². The summed E-state index contributed by atoms with van der Waals surface area (Å²) in [4.78, 5) is 2.40. The Morgan fingerprint density at radius 1 is 1.50 bits per heavy atom. The van der Waals surface area contributed by atoms with Gasteiger partial charge in [0.2, 0.25) is 0 Å². The van der Waals surface area contributed by atoms with Gasteiger partial charge in [0.1, 0.15) is 0 Å². The first-order valence-electron chi connectivity index (χ1n) is 3.41. The first kappa shape index (κ1) is 9.47. The molecule has 0 aromatic carbocycles. The van der Waals surface area contributed by atoms with E-state index in [0.29, 0.717) is 0 Å². The molecule has 2 nitrogen and oxygen atoms in total. The summed E-state index contributed by atoms with van der Waals surface area (Å²) in [6, 6.07) is 0.764. The van der Waals surface area contributed by atoms with Gasteiger partial charge in [0.05, 0.1) is 0 Å². The Bertz CT molecular complexity index is 110. The van der Waals surface area contributed by atoms with Crippen LogP contribution >= 0.6 is 45.5 Å². The molecule has 1 heterocycles. The first-order valence-corrected chi connectivity index (χ1v) is 5.90. The maximum absolute atomic E-state index is 2.46. The Morgan fingerprint density at radius 2 is 2.20 bits per heavy atom. The minimum absolute atomic E-state index is 0.764. The molecule has 0 aromatic heterocycles. The molecule has 0 aromatic rings. The minimum atomic E-state index is 0.764. The van der Waals surface area contributed by atoms with Crippen LogP contribution < -0.4 is 0 Å². The highest BCUT2D eigenvalue weighted by Crippen LogP contribution is 2.14. The van der Waals surface area contributed by atoms with E-state index in [1.54, 1.807) is 0 Å². The largest absolute Gasteiger partial charge is 0.303 e. The number of likely N-dealkylation sites (N-methyl/N-ethyl adjacent to an activating group) is 1. The van der Waals surface area contributed by atoms with Gasteiger partial charge < -0.3 is 4.90 Å². The summed E-state index contributed by atoms with van der Waals surface area (Å²) in [5, 5.41) is 0. The summed E-state index contributed by atoms with van der Waals surface area (Å²) in [5.74, 6) is 0. The molecule has 60 valence electrons. The first-order chi connectivity index (χ1) is 4.74. The van der Waals surface area contributed by atoms with E-state index in [1.807, 2.05) is 0 Å². The van der Waals surface area contributed by atoms with Gasteiger partial charge in [-0.15, -0.1) is 0 Å². The van der Waals surface area contributed by atoms with Gasteiger partial charge in [0, 0.05) is 53.0 Å². The number of hydrogen-bond donors (Lipinski definition) is 0. The number of hydrogen-bond acceptors (Lipinski definition) is 2. The zero-order chi connectivity index (χ0) is 7.56. The van der Waals surface area contributed by atoms with Crippen LogP contribution in [0.5, 0.6) is 0 Å². The monoisotopic (exact) mass is 366 g/mol. The van der Waals surface area contributed by atoms with Crippen molar-refractivity contribution >= 4 is 45.5 Å². The number of nitrogens with zero attached hydrogens (tertiary/aromatic N) is 2. The second-order valence-electron chi connectivity index (χ2n) is 2.69. The average Bonchev–Trinajstić information content (AvgIpc) is 1.94. The van der Waals surface area contributed by atoms with Crippen LogP contribution in [0.4, 0.5) is 0 Å². The Labute approximate surface area is 90.0 Å². The lowest BCUT2D eigenvalue weighted by Gasteiger charge is -2.35. The van der Waals surface area contributed by atoms with Crippen molar-refractivity contribution in [2.75, 3.05) is 31.1 Å². The van der Waals surface area contributed by atoms with Crippen LogP contribution in [-0.4, -0.2) is 45.2 Å². The van der Waals surface area contributed by atoms with Gasteiger partial charge in [0.15, 0.2) is 0 Å². The lowest BCUT2D eigenvalue weighted by Crippen LogP contribution is -2.47. The molecule has 1 unspecified atom stereocenters. The Kier molecular flexibility index (Phi) is 4.18. The Balaban J connectivity index is 2.38. The van der Waals surface area contributed by atoms with Crippen molar-refractivity contribution in [2.24, 2.45) is 0 Å². The summed E-state index contributed by atoms with van der Waals surface area (Å²) < 4.78 is 3.66. The van der Waals surface area contributed by atoms with E-state index < -0.39 is 0 Å². The van der Waals surface area contributed by atoms with Gasteiger partial charge in [-0.05, 0) is 7.05 Å². The Hall–Kier alpha value is 1.38. The number of piperazine rings is 1. The van der Waals surface area contributed by atoms with Gasteiger partial charge >= 0.3 is 0 Å². The highest BCUT2D eigenvalue weighted by molar-refractivity contribution is 14.1. The van der Waals surface area contributed by atoms with Crippen LogP contribution in [0.2, 0.25) is 0 Å². The quantitative estimate of drug-likeness (QED) is 0.393. The summed E-state index contributed by atoms with van der Waals surface area (Å²) in [6.45, 7) is 3.66. The number of halogens is 2. The fourth-order valence-electron chi connectivity index (χ4n) is 1.11. The molecule has 0 aliphatic carbocycles. The molecule has 10 heavy (non-hydrogen) atoms. The predicted octanol–water partition coefficient (Wildman–Crippen LogP) is 1.39. The smallest absolute Gasteiger partial charge is 0.0411 e. The molecule has 0 saturated carbocycles. The number of rotatable bonds is 1. The minimum Gasteiger partial charge on any atom is -0.303 e. The van der Waals surface area contributed by atoms with Crippen LogP contribution in [0.25, 0.3) is 0 Å². The predicted molar refractivity (Wildman–Crippen MR) is 60.9 cm³/mol. The molecule has 0 N–H and O–H groups in total. The topological polar surface area (TPSA) is 6.48 Å². The second kappa shape index (κ2) is 4.42. The molecule has 0 radical (unpaired) electrons. The summed E-state index contributed by atoms with van der Waals surface area (Å²) in [7, 11) is 2.20. The fraction of sp³-hybridized carbons (Fsp3) is 1.00. The van der Waals surface area contributed by atoms with Crippen molar-refractivity contribution in [3.8, 4) is 0 Å². The molecule has 1 atom stereocenters. The second-order valence-corrected chi connectivity index (χ2v) is 4.81. The van der Waals surface area contributed by atoms with Crippen LogP contribution in [0.1, 0.15) is 0 Å². The van der Waals surface area contributed by atoms with E-state index >= 15 is 0 Å². The molecular weight excluding hydrogens is 354 g/mol. The van der Waals surface area contributed by atoms with Gasteiger partial charge in [-0.2, -0.15) is 0 Å². The third-order valence-corrected chi connectivity index (χ3v) is 4.08. The van der Waals surface area contributed by atoms with Crippen molar-refractivity contribution < 1.29 is 0 Å². The lowest BCUT2D eigenvalue weighted by atomic mass is 10.2. The normalized spacial score (nSPS) is 30.9. The highest BCUT2D eigenvalue weighted by atomic mass is 127. The molecule has 1 saturated heterocycles. The van der Waals surface area contributed by atoms with E-state index in [-0.39, 0.29) is 0 Å². The van der Waals surface area contributed by atoms with Gasteiger partial charge in [-0.25, -0.2) is 3.11 Å². The standard InChI is InChI=1S/C6H12I2N2/c1-9-2-3-10(8)6(4-7)5-9/h6H,2-5H2,1H3. The van der Waals surface area contributed by atoms with Gasteiger partial charge in [-0.1, -0.05) is 22.6 Å². The SMILES string of the molecule is CN1CCN(I)C(CI)C1. The van der Waals surface area contributed by atoms with Crippen molar-refractivity contribution in [1.82, 2.24) is 8.01 Å². The van der Waals surface area contributed by atoms with Crippen molar-refractivity contribution in [2.45, 2.75) is 6.04 Å². The molecule has 1 fully saturated rings. The molecule has 0 spiro atoms. The van der Waals surface area contributed by atoms with E-state index in [4.69, 9.17) is 0 Å². The summed E-state index contributed by atoms with van der Waals surface area (Å²) in [6.07, 6.45) is 0. The third-order valence-electron chi connectivity index (χ3n) is 1.79. The molecular formula is C6H12I2N2. The maximum Gasteiger partial charge on any atom is 0.0411 e. The van der Waals surface area contributed by atoms with E-state index in [2.05, 4.69) is 60.5 Å². The molecule has 1 rings (SSSR count). The molecule has 1 aliphatic heterocycles. The molecule has 1 aliphatic rings. The van der Waals surface area contributed by atoms with Gasteiger partial charge in [-0.3, -0.25) is 0 Å². The van der Waals surface area contributed by atoms with Crippen molar-refractivity contribution in [1.29, 1.82) is 0 Å². The van der Waals surface area contributed by atoms with Gasteiger partial charge in [0.25, 0.3) is 0 Å². The lowest BCUT2D eigenvalue weighted by molar-refractivity contribution is 0.198. The van der Waals surface area contributed by atoms with Crippen molar-refractivity contribution in [3.05, 3.63) is 0 Å². The van der Waals surface area contributed by atoms with E-state index in [9.17, 15) is 0 Å². The average molecular weight is 366 g/mol. The summed E-state index contributed by atoms with van der Waals surface area (Å²) >= 11 is 4.89. The molecule has 4 heteroatoms. The zero-order valence-corrected chi connectivity index (χ0v) is 10.4. The molecule has 0 bridgehead atoms. The molecule has 0 amide bonds.